The molecule has 1 heterocycles. The number of hydrazine groups is 1. The molecule has 0 amide bonds. The van der Waals surface area contributed by atoms with Gasteiger partial charge in [0.05, 0.1) is 6.04 Å². The molecule has 3 atom stereocenters. The van der Waals surface area contributed by atoms with Crippen LogP contribution >= 0.6 is 11.6 Å². The number of rotatable bonds is 4. The molecule has 1 fully saturated rings. The Morgan fingerprint density at radius 3 is 2.55 bits per heavy atom. The van der Waals surface area contributed by atoms with Crippen molar-refractivity contribution >= 4 is 11.6 Å². The van der Waals surface area contributed by atoms with Crippen LogP contribution < -0.4 is 11.2 Å². The molecule has 1 aliphatic rings. The number of hydrogen-bond acceptors (Lipinski definition) is 3. The van der Waals surface area contributed by atoms with Gasteiger partial charge in [-0.1, -0.05) is 18.0 Å². The maximum absolute atomic E-state index is 13.5. The van der Waals surface area contributed by atoms with Crippen molar-refractivity contribution in [3.63, 3.8) is 0 Å². The predicted molar refractivity (Wildman–Crippen MR) is 81.0 cm³/mol. The van der Waals surface area contributed by atoms with E-state index in [9.17, 15) is 4.39 Å². The molecule has 0 saturated carbocycles. The Hall–Kier alpha value is -0.680. The van der Waals surface area contributed by atoms with Gasteiger partial charge in [-0.2, -0.15) is 0 Å². The molecule has 0 aliphatic carbocycles. The van der Waals surface area contributed by atoms with E-state index in [1.807, 2.05) is 0 Å². The lowest BCUT2D eigenvalue weighted by Gasteiger charge is -2.41. The molecule has 1 aromatic carbocycles. The highest BCUT2D eigenvalue weighted by molar-refractivity contribution is 6.30. The summed E-state index contributed by atoms with van der Waals surface area (Å²) in [7, 11) is 0. The first kappa shape index (κ1) is 15.7. The lowest BCUT2D eigenvalue weighted by Crippen LogP contribution is -2.54. The summed E-state index contributed by atoms with van der Waals surface area (Å²) in [6.45, 7) is 4.80. The SMILES string of the molecule is CC1CCCC(C)N1NC(CN)c1cc(F)cc(Cl)c1. The normalized spacial score (nSPS) is 25.6. The van der Waals surface area contributed by atoms with E-state index in [0.717, 1.165) is 5.56 Å². The van der Waals surface area contributed by atoms with Gasteiger partial charge >= 0.3 is 0 Å². The number of nitrogens with zero attached hydrogens (tertiary/aromatic N) is 1. The molecule has 1 aliphatic heterocycles. The Labute approximate surface area is 125 Å². The van der Waals surface area contributed by atoms with Crippen LogP contribution in [-0.2, 0) is 0 Å². The summed E-state index contributed by atoms with van der Waals surface area (Å²) in [5.74, 6) is -0.326. The average Bonchev–Trinajstić information content (AvgIpc) is 2.37. The van der Waals surface area contributed by atoms with E-state index in [4.69, 9.17) is 17.3 Å². The van der Waals surface area contributed by atoms with Gasteiger partial charge in [-0.25, -0.2) is 14.8 Å². The van der Waals surface area contributed by atoms with Crippen molar-refractivity contribution < 1.29 is 4.39 Å². The molecule has 3 unspecified atom stereocenters. The van der Waals surface area contributed by atoms with E-state index in [1.54, 1.807) is 6.07 Å². The van der Waals surface area contributed by atoms with E-state index >= 15 is 0 Å². The number of benzene rings is 1. The van der Waals surface area contributed by atoms with E-state index in [1.165, 1.54) is 31.4 Å². The zero-order valence-electron chi connectivity index (χ0n) is 12.1. The predicted octanol–water partition coefficient (Wildman–Crippen LogP) is 3.25. The zero-order valence-corrected chi connectivity index (χ0v) is 12.8. The maximum atomic E-state index is 13.5. The minimum Gasteiger partial charge on any atom is -0.329 e. The topological polar surface area (TPSA) is 41.3 Å². The highest BCUT2D eigenvalue weighted by Crippen LogP contribution is 2.24. The fraction of sp³-hybridized carbons (Fsp3) is 0.600. The maximum Gasteiger partial charge on any atom is 0.125 e. The van der Waals surface area contributed by atoms with Gasteiger partial charge in [0.2, 0.25) is 0 Å². The Bertz CT molecular complexity index is 424. The van der Waals surface area contributed by atoms with E-state index in [-0.39, 0.29) is 11.9 Å². The van der Waals surface area contributed by atoms with Crippen molar-refractivity contribution in [2.24, 2.45) is 5.73 Å². The molecule has 0 bridgehead atoms. The fourth-order valence-electron chi connectivity index (χ4n) is 2.90. The molecule has 1 aromatic rings. The highest BCUT2D eigenvalue weighted by atomic mass is 35.5. The second-order valence-corrected chi connectivity index (χ2v) is 6.09. The summed E-state index contributed by atoms with van der Waals surface area (Å²) in [6, 6.07) is 5.37. The third-order valence-corrected chi connectivity index (χ3v) is 4.24. The number of nitrogens with one attached hydrogen (secondary N) is 1. The Kier molecular flexibility index (Phi) is 5.38. The lowest BCUT2D eigenvalue weighted by atomic mass is 9.99. The van der Waals surface area contributed by atoms with Crippen LogP contribution in [0, 0.1) is 5.82 Å². The first-order chi connectivity index (χ1) is 9.51. The third-order valence-electron chi connectivity index (χ3n) is 4.02. The van der Waals surface area contributed by atoms with Gasteiger partial charge in [-0.05, 0) is 50.5 Å². The zero-order chi connectivity index (χ0) is 14.7. The van der Waals surface area contributed by atoms with Crippen LogP contribution in [0.4, 0.5) is 4.39 Å². The molecule has 112 valence electrons. The molecule has 5 heteroatoms. The largest absolute Gasteiger partial charge is 0.329 e. The van der Waals surface area contributed by atoms with Gasteiger partial charge in [0.1, 0.15) is 5.82 Å². The Balaban J connectivity index is 2.15. The minimum absolute atomic E-state index is 0.119. The van der Waals surface area contributed by atoms with Gasteiger partial charge in [-0.15, -0.1) is 0 Å². The molecule has 0 spiro atoms. The Morgan fingerprint density at radius 1 is 1.35 bits per heavy atom. The van der Waals surface area contributed by atoms with Crippen LogP contribution in [-0.4, -0.2) is 23.6 Å². The molecule has 0 radical (unpaired) electrons. The van der Waals surface area contributed by atoms with Gasteiger partial charge in [0.25, 0.3) is 0 Å². The van der Waals surface area contributed by atoms with Gasteiger partial charge in [-0.3, -0.25) is 0 Å². The second kappa shape index (κ2) is 6.85. The van der Waals surface area contributed by atoms with Crippen molar-refractivity contribution in [1.82, 2.24) is 10.4 Å². The van der Waals surface area contributed by atoms with Crippen LogP contribution in [0.25, 0.3) is 0 Å². The molecular weight excluding hydrogens is 277 g/mol. The van der Waals surface area contributed by atoms with Crippen molar-refractivity contribution in [3.05, 3.63) is 34.6 Å². The van der Waals surface area contributed by atoms with E-state index in [0.29, 0.717) is 23.7 Å². The van der Waals surface area contributed by atoms with Gasteiger partial charge in [0, 0.05) is 23.7 Å². The number of hydrogen-bond donors (Lipinski definition) is 2. The monoisotopic (exact) mass is 299 g/mol. The number of halogens is 2. The standard InChI is InChI=1S/C15H23ClFN3/c1-10-4-3-5-11(2)20(10)19-15(9-18)12-6-13(16)8-14(17)7-12/h6-8,10-11,15,19H,3-5,9,18H2,1-2H3. The van der Waals surface area contributed by atoms with Crippen LogP contribution in [0.5, 0.6) is 0 Å². The minimum atomic E-state index is -0.326. The summed E-state index contributed by atoms with van der Waals surface area (Å²) in [6.07, 6.45) is 3.58. The molecule has 0 aromatic heterocycles. The van der Waals surface area contributed by atoms with E-state index < -0.39 is 0 Å². The average molecular weight is 300 g/mol. The quantitative estimate of drug-likeness (QED) is 0.897. The van der Waals surface area contributed by atoms with Crippen molar-refractivity contribution in [2.75, 3.05) is 6.54 Å². The van der Waals surface area contributed by atoms with Gasteiger partial charge < -0.3 is 5.73 Å². The van der Waals surface area contributed by atoms with Crippen molar-refractivity contribution in [3.8, 4) is 0 Å². The first-order valence-corrected chi connectivity index (χ1v) is 7.59. The lowest BCUT2D eigenvalue weighted by molar-refractivity contribution is 0.0304. The van der Waals surface area contributed by atoms with Crippen molar-refractivity contribution in [2.45, 2.75) is 51.2 Å². The van der Waals surface area contributed by atoms with Crippen LogP contribution in [0.15, 0.2) is 18.2 Å². The number of nitrogens with two attached hydrogens (primary N) is 1. The van der Waals surface area contributed by atoms with Gasteiger partial charge in [0.15, 0.2) is 0 Å². The molecule has 20 heavy (non-hydrogen) atoms. The van der Waals surface area contributed by atoms with E-state index in [2.05, 4.69) is 24.3 Å². The molecule has 2 rings (SSSR count). The molecule has 3 nitrogen and oxygen atoms in total. The molecule has 3 N–H and O–H groups in total. The summed E-state index contributed by atoms with van der Waals surface area (Å²) < 4.78 is 13.5. The summed E-state index contributed by atoms with van der Waals surface area (Å²) >= 11 is 5.93. The summed E-state index contributed by atoms with van der Waals surface area (Å²) in [5, 5.41) is 2.65. The Morgan fingerprint density at radius 2 is 2.00 bits per heavy atom. The summed E-state index contributed by atoms with van der Waals surface area (Å²) in [4.78, 5) is 0. The summed E-state index contributed by atoms with van der Waals surface area (Å²) in [5.41, 5.74) is 10.1. The van der Waals surface area contributed by atoms with Crippen LogP contribution in [0.2, 0.25) is 5.02 Å². The molecular formula is C15H23ClFN3. The smallest absolute Gasteiger partial charge is 0.125 e. The fourth-order valence-corrected chi connectivity index (χ4v) is 3.13. The third kappa shape index (κ3) is 3.70. The first-order valence-electron chi connectivity index (χ1n) is 7.22. The van der Waals surface area contributed by atoms with Crippen LogP contribution in [0.3, 0.4) is 0 Å². The molecule has 1 saturated heterocycles. The number of piperidine rings is 1. The van der Waals surface area contributed by atoms with Crippen molar-refractivity contribution in [1.29, 1.82) is 0 Å². The second-order valence-electron chi connectivity index (χ2n) is 5.66. The highest BCUT2D eigenvalue weighted by Gasteiger charge is 2.27. The van der Waals surface area contributed by atoms with Crippen LogP contribution in [0.1, 0.15) is 44.7 Å².